The molecule has 0 amide bonds. The molecular formula is C14H21NO2S. The molecule has 0 aliphatic carbocycles. The van der Waals surface area contributed by atoms with Crippen molar-refractivity contribution in [1.82, 2.24) is 0 Å². The standard InChI is InChI=1S/C14H21NO2S/c1-3-4-9-18-10-13(14(16)17)15-12-8-6-5-7-11(12)2/h5-8,13,15H,3-4,9-10H2,1-2H3,(H,16,17)/t13-/m0/s1. The van der Waals surface area contributed by atoms with Crippen molar-refractivity contribution in [3.05, 3.63) is 29.8 Å². The van der Waals surface area contributed by atoms with Gasteiger partial charge in [0.25, 0.3) is 0 Å². The smallest absolute Gasteiger partial charge is 0.326 e. The molecule has 1 rings (SSSR count). The van der Waals surface area contributed by atoms with Crippen LogP contribution >= 0.6 is 11.8 Å². The molecule has 0 bridgehead atoms. The molecule has 0 fully saturated rings. The number of para-hydroxylation sites is 1. The molecule has 0 saturated carbocycles. The van der Waals surface area contributed by atoms with Gasteiger partial charge in [0.15, 0.2) is 0 Å². The minimum absolute atomic E-state index is 0.520. The van der Waals surface area contributed by atoms with Crippen LogP contribution in [0.4, 0.5) is 5.69 Å². The number of anilines is 1. The predicted octanol–water partition coefficient (Wildman–Crippen LogP) is 3.39. The highest BCUT2D eigenvalue weighted by Gasteiger charge is 2.17. The second-order valence-electron chi connectivity index (χ2n) is 4.28. The van der Waals surface area contributed by atoms with E-state index in [2.05, 4.69) is 12.2 Å². The zero-order valence-electron chi connectivity index (χ0n) is 11.0. The summed E-state index contributed by atoms with van der Waals surface area (Å²) in [5.74, 6) is 0.835. The van der Waals surface area contributed by atoms with Gasteiger partial charge in [0, 0.05) is 11.4 Å². The molecule has 2 N–H and O–H groups in total. The van der Waals surface area contributed by atoms with Crippen LogP contribution in [-0.4, -0.2) is 28.6 Å². The van der Waals surface area contributed by atoms with Gasteiger partial charge in [0.05, 0.1) is 0 Å². The number of carboxylic acid groups (broad SMARTS) is 1. The van der Waals surface area contributed by atoms with Crippen molar-refractivity contribution in [2.45, 2.75) is 32.7 Å². The lowest BCUT2D eigenvalue weighted by Crippen LogP contribution is -2.32. The lowest BCUT2D eigenvalue weighted by atomic mass is 10.2. The quantitative estimate of drug-likeness (QED) is 0.709. The molecule has 1 atom stereocenters. The minimum Gasteiger partial charge on any atom is -0.480 e. The number of aryl methyl sites for hydroxylation is 1. The fourth-order valence-corrected chi connectivity index (χ4v) is 2.67. The van der Waals surface area contributed by atoms with Crippen molar-refractivity contribution in [2.24, 2.45) is 0 Å². The highest BCUT2D eigenvalue weighted by molar-refractivity contribution is 7.99. The Bertz CT molecular complexity index is 382. The van der Waals surface area contributed by atoms with E-state index in [1.807, 2.05) is 31.2 Å². The summed E-state index contributed by atoms with van der Waals surface area (Å²) in [5.41, 5.74) is 1.98. The molecule has 4 heteroatoms. The van der Waals surface area contributed by atoms with Crippen molar-refractivity contribution in [3.63, 3.8) is 0 Å². The first-order valence-corrected chi connectivity index (χ1v) is 7.43. The summed E-state index contributed by atoms with van der Waals surface area (Å²) in [6.45, 7) is 4.12. The Morgan fingerprint density at radius 1 is 1.44 bits per heavy atom. The highest BCUT2D eigenvalue weighted by atomic mass is 32.2. The summed E-state index contributed by atoms with van der Waals surface area (Å²) in [6, 6.07) is 7.24. The van der Waals surface area contributed by atoms with E-state index in [9.17, 15) is 9.90 Å². The van der Waals surface area contributed by atoms with Gasteiger partial charge in [-0.05, 0) is 30.7 Å². The van der Waals surface area contributed by atoms with Gasteiger partial charge in [-0.15, -0.1) is 0 Å². The van der Waals surface area contributed by atoms with Gasteiger partial charge < -0.3 is 10.4 Å². The van der Waals surface area contributed by atoms with Crippen LogP contribution in [0.1, 0.15) is 25.3 Å². The SMILES string of the molecule is CCCCSC[C@H](Nc1ccccc1C)C(=O)O. The molecule has 1 aromatic carbocycles. The van der Waals surface area contributed by atoms with Gasteiger partial charge >= 0.3 is 5.97 Å². The molecule has 3 nitrogen and oxygen atoms in total. The third-order valence-electron chi connectivity index (χ3n) is 2.70. The van der Waals surface area contributed by atoms with E-state index in [1.54, 1.807) is 11.8 Å². The van der Waals surface area contributed by atoms with Crippen LogP contribution in [-0.2, 0) is 4.79 Å². The Labute approximate surface area is 113 Å². The van der Waals surface area contributed by atoms with Gasteiger partial charge in [-0.25, -0.2) is 4.79 Å². The summed E-state index contributed by atoms with van der Waals surface area (Å²) in [7, 11) is 0. The van der Waals surface area contributed by atoms with Gasteiger partial charge in [-0.1, -0.05) is 31.5 Å². The van der Waals surface area contributed by atoms with E-state index >= 15 is 0 Å². The summed E-state index contributed by atoms with van der Waals surface area (Å²) >= 11 is 1.70. The van der Waals surface area contributed by atoms with Crippen molar-refractivity contribution in [2.75, 3.05) is 16.8 Å². The van der Waals surface area contributed by atoms with Crippen LogP contribution in [0.2, 0.25) is 0 Å². The second-order valence-corrected chi connectivity index (χ2v) is 5.43. The summed E-state index contributed by atoms with van der Waals surface area (Å²) in [4.78, 5) is 11.2. The fourth-order valence-electron chi connectivity index (χ4n) is 1.54. The molecule has 1 aromatic rings. The monoisotopic (exact) mass is 267 g/mol. The average molecular weight is 267 g/mol. The first-order chi connectivity index (χ1) is 8.65. The van der Waals surface area contributed by atoms with E-state index < -0.39 is 12.0 Å². The van der Waals surface area contributed by atoms with Crippen LogP contribution in [0.5, 0.6) is 0 Å². The number of nitrogens with one attached hydrogen (secondary N) is 1. The maximum absolute atomic E-state index is 11.2. The summed E-state index contributed by atoms with van der Waals surface area (Å²) in [6.07, 6.45) is 2.29. The highest BCUT2D eigenvalue weighted by Crippen LogP contribution is 2.16. The van der Waals surface area contributed by atoms with Crippen LogP contribution in [0.25, 0.3) is 0 Å². The largest absolute Gasteiger partial charge is 0.480 e. The maximum atomic E-state index is 11.2. The normalized spacial score (nSPS) is 12.1. The third kappa shape index (κ3) is 5.00. The van der Waals surface area contributed by atoms with Crippen LogP contribution < -0.4 is 5.32 Å². The number of rotatable bonds is 8. The molecular weight excluding hydrogens is 246 g/mol. The third-order valence-corrected chi connectivity index (χ3v) is 3.85. The van der Waals surface area contributed by atoms with Crippen LogP contribution in [0, 0.1) is 6.92 Å². The van der Waals surface area contributed by atoms with E-state index in [0.717, 1.165) is 29.8 Å². The van der Waals surface area contributed by atoms with Gasteiger partial charge in [0.1, 0.15) is 6.04 Å². The lowest BCUT2D eigenvalue weighted by molar-refractivity contribution is -0.137. The Kier molecular flexibility index (Phi) is 6.65. The number of unbranched alkanes of at least 4 members (excludes halogenated alkanes) is 1. The minimum atomic E-state index is -0.790. The molecule has 0 spiro atoms. The first kappa shape index (κ1) is 14.9. The molecule has 0 aliphatic rings. The van der Waals surface area contributed by atoms with Crippen LogP contribution in [0.3, 0.4) is 0 Å². The summed E-state index contributed by atoms with van der Waals surface area (Å²) < 4.78 is 0. The molecule has 18 heavy (non-hydrogen) atoms. The maximum Gasteiger partial charge on any atom is 0.326 e. The Balaban J connectivity index is 2.53. The zero-order valence-corrected chi connectivity index (χ0v) is 11.8. The zero-order chi connectivity index (χ0) is 13.4. The van der Waals surface area contributed by atoms with Crippen LogP contribution in [0.15, 0.2) is 24.3 Å². The van der Waals surface area contributed by atoms with Crippen molar-refractivity contribution < 1.29 is 9.90 Å². The Morgan fingerprint density at radius 2 is 2.17 bits per heavy atom. The number of hydrogen-bond acceptors (Lipinski definition) is 3. The van der Waals surface area contributed by atoms with E-state index in [1.165, 1.54) is 0 Å². The predicted molar refractivity (Wildman–Crippen MR) is 78.5 cm³/mol. The molecule has 0 unspecified atom stereocenters. The number of aliphatic carboxylic acids is 1. The number of carbonyl (C=O) groups is 1. The van der Waals surface area contributed by atoms with Gasteiger partial charge in [-0.2, -0.15) is 11.8 Å². The molecule has 0 radical (unpaired) electrons. The van der Waals surface area contributed by atoms with Crippen molar-refractivity contribution >= 4 is 23.4 Å². The van der Waals surface area contributed by atoms with E-state index in [0.29, 0.717) is 5.75 Å². The van der Waals surface area contributed by atoms with E-state index in [-0.39, 0.29) is 0 Å². The molecule has 0 aliphatic heterocycles. The molecule has 0 aromatic heterocycles. The summed E-state index contributed by atoms with van der Waals surface area (Å²) in [5, 5.41) is 12.3. The molecule has 0 saturated heterocycles. The fraction of sp³-hybridized carbons (Fsp3) is 0.500. The van der Waals surface area contributed by atoms with E-state index in [4.69, 9.17) is 0 Å². The average Bonchev–Trinajstić information content (AvgIpc) is 2.35. The second kappa shape index (κ2) is 8.03. The van der Waals surface area contributed by atoms with Gasteiger partial charge in [-0.3, -0.25) is 0 Å². The number of carboxylic acids is 1. The number of thioether (sulfide) groups is 1. The Hall–Kier alpha value is -1.16. The molecule has 100 valence electrons. The number of hydrogen-bond donors (Lipinski definition) is 2. The first-order valence-electron chi connectivity index (χ1n) is 6.28. The molecule has 0 heterocycles. The Morgan fingerprint density at radius 3 is 2.78 bits per heavy atom. The van der Waals surface area contributed by atoms with Crippen molar-refractivity contribution in [1.29, 1.82) is 0 Å². The topological polar surface area (TPSA) is 49.3 Å². The van der Waals surface area contributed by atoms with Crippen molar-refractivity contribution in [3.8, 4) is 0 Å². The lowest BCUT2D eigenvalue weighted by Gasteiger charge is -2.17. The van der Waals surface area contributed by atoms with Gasteiger partial charge in [0.2, 0.25) is 0 Å². The number of benzene rings is 1.